The maximum atomic E-state index is 13.5. The number of carbonyl (C=O) groups is 1. The maximum Gasteiger partial charge on any atom is 0.303 e. The summed E-state index contributed by atoms with van der Waals surface area (Å²) in [6.07, 6.45) is 0.289. The molecule has 0 spiro atoms. The number of carboxylic acids is 1. The second kappa shape index (κ2) is 4.62. The van der Waals surface area contributed by atoms with Gasteiger partial charge in [-0.05, 0) is 37.5 Å². The summed E-state index contributed by atoms with van der Waals surface area (Å²) >= 11 is 5.82. The zero-order valence-corrected chi connectivity index (χ0v) is 9.36. The molecule has 0 unspecified atom stereocenters. The van der Waals surface area contributed by atoms with Crippen molar-refractivity contribution in [2.75, 3.05) is 0 Å². The molecule has 0 heterocycles. The summed E-state index contributed by atoms with van der Waals surface area (Å²) in [6.45, 7) is 3.24. The van der Waals surface area contributed by atoms with Crippen molar-refractivity contribution in [3.8, 4) is 0 Å². The van der Waals surface area contributed by atoms with Crippen LogP contribution in [0.3, 0.4) is 0 Å². The molecule has 82 valence electrons. The average molecular weight is 231 g/mol. The fraction of sp³-hybridized carbons (Fsp3) is 0.364. The van der Waals surface area contributed by atoms with Gasteiger partial charge >= 0.3 is 5.97 Å². The largest absolute Gasteiger partial charge is 0.481 e. The summed E-state index contributed by atoms with van der Waals surface area (Å²) in [5.74, 6) is -1.24. The first-order valence-corrected chi connectivity index (χ1v) is 4.97. The number of hydrogen-bond acceptors (Lipinski definition) is 1. The second-order valence-corrected chi connectivity index (χ2v) is 3.88. The van der Waals surface area contributed by atoms with Crippen LogP contribution < -0.4 is 0 Å². The Labute approximate surface area is 92.7 Å². The molecule has 1 aromatic rings. The van der Waals surface area contributed by atoms with E-state index in [9.17, 15) is 9.18 Å². The van der Waals surface area contributed by atoms with Gasteiger partial charge in [-0.25, -0.2) is 4.39 Å². The van der Waals surface area contributed by atoms with E-state index in [1.54, 1.807) is 19.9 Å². The molecule has 4 heteroatoms. The Morgan fingerprint density at radius 3 is 2.60 bits per heavy atom. The van der Waals surface area contributed by atoms with Gasteiger partial charge in [0.05, 0.1) is 0 Å². The Hall–Kier alpha value is -1.09. The van der Waals surface area contributed by atoms with Gasteiger partial charge in [-0.3, -0.25) is 4.79 Å². The first-order chi connectivity index (χ1) is 6.93. The van der Waals surface area contributed by atoms with E-state index in [0.717, 1.165) is 0 Å². The predicted octanol–water partition coefficient (Wildman–Crippen LogP) is 3.11. The summed E-state index contributed by atoms with van der Waals surface area (Å²) < 4.78 is 13.5. The van der Waals surface area contributed by atoms with Crippen molar-refractivity contribution in [1.29, 1.82) is 0 Å². The van der Waals surface area contributed by atoms with Gasteiger partial charge < -0.3 is 5.11 Å². The van der Waals surface area contributed by atoms with Crippen LogP contribution >= 0.6 is 11.6 Å². The molecule has 0 bridgehead atoms. The molecule has 2 nitrogen and oxygen atoms in total. The standard InChI is InChI=1S/C11H12ClFO2/c1-6-8(3-4-10(14)15)5-9(12)7(2)11(6)13/h5H,3-4H2,1-2H3,(H,14,15). The molecule has 0 fully saturated rings. The van der Waals surface area contributed by atoms with E-state index in [-0.39, 0.29) is 12.2 Å². The third-order valence-corrected chi connectivity index (χ3v) is 2.80. The second-order valence-electron chi connectivity index (χ2n) is 3.48. The SMILES string of the molecule is Cc1c(Cl)cc(CCC(=O)O)c(C)c1F. The van der Waals surface area contributed by atoms with Crippen LogP contribution in [0.15, 0.2) is 6.07 Å². The van der Waals surface area contributed by atoms with Crippen LogP contribution in [0.2, 0.25) is 5.02 Å². The van der Waals surface area contributed by atoms with Gasteiger partial charge in [0.2, 0.25) is 0 Å². The summed E-state index contributed by atoms with van der Waals surface area (Å²) in [5, 5.41) is 8.88. The van der Waals surface area contributed by atoms with Crippen molar-refractivity contribution in [1.82, 2.24) is 0 Å². The summed E-state index contributed by atoms with van der Waals surface area (Å²) in [5.41, 5.74) is 1.55. The summed E-state index contributed by atoms with van der Waals surface area (Å²) in [7, 11) is 0. The molecule has 0 saturated carbocycles. The molecule has 0 aliphatic rings. The van der Waals surface area contributed by atoms with Crippen LogP contribution in [0.25, 0.3) is 0 Å². The molecule has 0 aromatic heterocycles. The van der Waals surface area contributed by atoms with Gasteiger partial charge in [0.1, 0.15) is 5.82 Å². The summed E-state index contributed by atoms with van der Waals surface area (Å²) in [6, 6.07) is 1.64. The smallest absolute Gasteiger partial charge is 0.303 e. The fourth-order valence-electron chi connectivity index (χ4n) is 1.40. The highest BCUT2D eigenvalue weighted by molar-refractivity contribution is 6.31. The lowest BCUT2D eigenvalue weighted by molar-refractivity contribution is -0.136. The zero-order valence-electron chi connectivity index (χ0n) is 8.60. The van der Waals surface area contributed by atoms with E-state index >= 15 is 0 Å². The lowest BCUT2D eigenvalue weighted by Gasteiger charge is -2.09. The van der Waals surface area contributed by atoms with Crippen LogP contribution in [0.1, 0.15) is 23.1 Å². The Kier molecular flexibility index (Phi) is 3.69. The number of halogens is 2. The average Bonchev–Trinajstić information content (AvgIpc) is 2.18. The lowest BCUT2D eigenvalue weighted by Crippen LogP contribution is -2.02. The molecule has 1 rings (SSSR count). The van der Waals surface area contributed by atoms with Gasteiger partial charge in [-0.15, -0.1) is 0 Å². The minimum absolute atomic E-state index is 0.0142. The Balaban J connectivity index is 3.04. The molecular weight excluding hydrogens is 219 g/mol. The van der Waals surface area contributed by atoms with Crippen molar-refractivity contribution in [2.24, 2.45) is 0 Å². The Morgan fingerprint density at radius 1 is 1.47 bits per heavy atom. The molecule has 1 N–H and O–H groups in total. The highest BCUT2D eigenvalue weighted by Crippen LogP contribution is 2.25. The van der Waals surface area contributed by atoms with Crippen molar-refractivity contribution >= 4 is 17.6 Å². The number of rotatable bonds is 3. The van der Waals surface area contributed by atoms with Crippen molar-refractivity contribution < 1.29 is 14.3 Å². The molecule has 15 heavy (non-hydrogen) atoms. The number of carboxylic acid groups (broad SMARTS) is 1. The first kappa shape index (κ1) is 12.0. The van der Waals surface area contributed by atoms with Crippen molar-refractivity contribution in [2.45, 2.75) is 26.7 Å². The number of hydrogen-bond donors (Lipinski definition) is 1. The predicted molar refractivity (Wildman–Crippen MR) is 56.8 cm³/mol. The number of aliphatic carboxylic acids is 1. The minimum Gasteiger partial charge on any atom is -0.481 e. The molecule has 0 radical (unpaired) electrons. The molecule has 0 atom stereocenters. The highest BCUT2D eigenvalue weighted by Gasteiger charge is 2.11. The summed E-state index contributed by atoms with van der Waals surface area (Å²) in [4.78, 5) is 10.4. The minimum atomic E-state index is -0.897. The van der Waals surface area contributed by atoms with Crippen LogP contribution in [0.4, 0.5) is 4.39 Å². The molecule has 0 aliphatic carbocycles. The lowest BCUT2D eigenvalue weighted by atomic mass is 10.0. The van der Waals surface area contributed by atoms with Crippen LogP contribution in [0.5, 0.6) is 0 Å². The topological polar surface area (TPSA) is 37.3 Å². The van der Waals surface area contributed by atoms with E-state index < -0.39 is 5.97 Å². The quantitative estimate of drug-likeness (QED) is 0.866. The first-order valence-electron chi connectivity index (χ1n) is 4.59. The highest BCUT2D eigenvalue weighted by atomic mass is 35.5. The monoisotopic (exact) mass is 230 g/mol. The third-order valence-electron chi connectivity index (χ3n) is 2.41. The van der Waals surface area contributed by atoms with Gasteiger partial charge in [-0.1, -0.05) is 11.6 Å². The van der Waals surface area contributed by atoms with Gasteiger partial charge in [0.15, 0.2) is 0 Å². The molecule has 0 amide bonds. The van der Waals surface area contributed by atoms with Crippen LogP contribution in [-0.2, 0) is 11.2 Å². The normalized spacial score (nSPS) is 10.4. The Morgan fingerprint density at radius 2 is 2.07 bits per heavy atom. The molecule has 0 saturated heterocycles. The van der Waals surface area contributed by atoms with Gasteiger partial charge in [-0.2, -0.15) is 0 Å². The third kappa shape index (κ3) is 2.69. The van der Waals surface area contributed by atoms with E-state index in [1.807, 2.05) is 0 Å². The van der Waals surface area contributed by atoms with E-state index in [0.29, 0.717) is 28.1 Å². The molecule has 0 aliphatic heterocycles. The number of benzene rings is 1. The van der Waals surface area contributed by atoms with Crippen molar-refractivity contribution in [3.05, 3.63) is 33.6 Å². The zero-order chi connectivity index (χ0) is 11.6. The maximum absolute atomic E-state index is 13.5. The van der Waals surface area contributed by atoms with Crippen LogP contribution in [-0.4, -0.2) is 11.1 Å². The van der Waals surface area contributed by atoms with Gasteiger partial charge in [0.25, 0.3) is 0 Å². The van der Waals surface area contributed by atoms with E-state index in [2.05, 4.69) is 0 Å². The van der Waals surface area contributed by atoms with Crippen LogP contribution in [0, 0.1) is 19.7 Å². The molecule has 1 aromatic carbocycles. The molecular formula is C11H12ClFO2. The fourth-order valence-corrected chi connectivity index (χ4v) is 1.61. The number of aryl methyl sites for hydroxylation is 1. The van der Waals surface area contributed by atoms with Gasteiger partial charge in [0, 0.05) is 17.0 Å². The van der Waals surface area contributed by atoms with Crippen molar-refractivity contribution in [3.63, 3.8) is 0 Å². The Bertz CT molecular complexity index is 402. The van der Waals surface area contributed by atoms with E-state index in [1.165, 1.54) is 0 Å². The van der Waals surface area contributed by atoms with E-state index in [4.69, 9.17) is 16.7 Å².